The quantitative estimate of drug-likeness (QED) is 0.313. The van der Waals surface area contributed by atoms with E-state index in [9.17, 15) is 4.79 Å². The van der Waals surface area contributed by atoms with Crippen molar-refractivity contribution in [1.29, 1.82) is 0 Å². The van der Waals surface area contributed by atoms with E-state index >= 15 is 0 Å². The highest BCUT2D eigenvalue weighted by Gasteiger charge is 2.24. The average molecular weight is 424 g/mol. The van der Waals surface area contributed by atoms with Crippen molar-refractivity contribution >= 4 is 33.1 Å². The molecule has 32 heavy (non-hydrogen) atoms. The molecular formula is C29H29NO2. The Morgan fingerprint density at radius 2 is 1.53 bits per heavy atom. The van der Waals surface area contributed by atoms with Gasteiger partial charge in [-0.1, -0.05) is 80.6 Å². The summed E-state index contributed by atoms with van der Waals surface area (Å²) in [6, 6.07) is 24.7. The van der Waals surface area contributed by atoms with Gasteiger partial charge in [0.15, 0.2) is 0 Å². The summed E-state index contributed by atoms with van der Waals surface area (Å²) in [6.45, 7) is 7.96. The summed E-state index contributed by atoms with van der Waals surface area (Å²) >= 11 is 0. The third kappa shape index (κ3) is 3.87. The van der Waals surface area contributed by atoms with E-state index in [4.69, 9.17) is 4.74 Å². The maximum Gasteiger partial charge on any atom is 0.228 e. The van der Waals surface area contributed by atoms with Gasteiger partial charge in [0, 0.05) is 22.7 Å². The average Bonchev–Trinajstić information content (AvgIpc) is 2.83. The molecule has 3 heteroatoms. The molecule has 2 atom stereocenters. The van der Waals surface area contributed by atoms with Crippen LogP contribution in [0.1, 0.15) is 20.3 Å². The van der Waals surface area contributed by atoms with Gasteiger partial charge in [0.25, 0.3) is 0 Å². The molecule has 0 aliphatic carbocycles. The zero-order valence-electron chi connectivity index (χ0n) is 18.9. The number of carbonyl (C=O) groups excluding carboxylic acids is 1. The summed E-state index contributed by atoms with van der Waals surface area (Å²) in [7, 11) is 1.69. The maximum atomic E-state index is 13.3. The van der Waals surface area contributed by atoms with Gasteiger partial charge in [0.2, 0.25) is 5.91 Å². The van der Waals surface area contributed by atoms with E-state index < -0.39 is 0 Å². The molecule has 4 aromatic rings. The summed E-state index contributed by atoms with van der Waals surface area (Å²) in [5.41, 5.74) is 2.76. The van der Waals surface area contributed by atoms with Crippen molar-refractivity contribution in [2.45, 2.75) is 20.3 Å². The van der Waals surface area contributed by atoms with Crippen LogP contribution < -0.4 is 10.1 Å². The van der Waals surface area contributed by atoms with Gasteiger partial charge >= 0.3 is 0 Å². The number of hydrogen-bond acceptors (Lipinski definition) is 2. The van der Waals surface area contributed by atoms with Gasteiger partial charge in [-0.3, -0.25) is 4.79 Å². The molecule has 162 valence electrons. The predicted octanol–water partition coefficient (Wildman–Crippen LogP) is 7.46. The Labute approximate surface area is 189 Å². The lowest BCUT2D eigenvalue weighted by Crippen LogP contribution is -2.27. The summed E-state index contributed by atoms with van der Waals surface area (Å²) in [6.07, 6.45) is 2.60. The zero-order chi connectivity index (χ0) is 22.7. The highest BCUT2D eigenvalue weighted by Crippen LogP contribution is 2.44. The molecule has 0 spiro atoms. The standard InChI is InChI=1S/C29H29NO2/c1-5-19(3)22(6-2)29(31)30-25-17-15-20-11-7-9-13-23(20)27(25)28-24-14-10-8-12-21(24)16-18-26(28)32-4/h5,7-19,22H,1,6H2,2-4H3,(H,30,31)/t19-,22-/m0/s1. The Balaban J connectivity index is 1.99. The summed E-state index contributed by atoms with van der Waals surface area (Å²) in [5, 5.41) is 7.64. The molecule has 0 aromatic heterocycles. The SMILES string of the molecule is C=C[C@H](C)[C@H](CC)C(=O)Nc1ccc2ccccc2c1-c1c(OC)ccc2ccccc12. The maximum absolute atomic E-state index is 13.3. The largest absolute Gasteiger partial charge is 0.496 e. The van der Waals surface area contributed by atoms with Gasteiger partial charge < -0.3 is 10.1 Å². The summed E-state index contributed by atoms with van der Waals surface area (Å²) in [5.74, 6) is 0.745. The molecule has 0 saturated carbocycles. The number of allylic oxidation sites excluding steroid dienone is 1. The van der Waals surface area contributed by atoms with Crippen LogP contribution >= 0.6 is 0 Å². The predicted molar refractivity (Wildman–Crippen MR) is 135 cm³/mol. The van der Waals surface area contributed by atoms with Crippen molar-refractivity contribution in [3.05, 3.63) is 85.5 Å². The molecular weight excluding hydrogens is 394 g/mol. The lowest BCUT2D eigenvalue weighted by molar-refractivity contribution is -0.120. The summed E-state index contributed by atoms with van der Waals surface area (Å²) in [4.78, 5) is 13.3. The van der Waals surface area contributed by atoms with E-state index in [1.165, 1.54) is 0 Å². The number of benzene rings is 4. The van der Waals surface area contributed by atoms with Crippen molar-refractivity contribution in [3.63, 3.8) is 0 Å². The van der Waals surface area contributed by atoms with E-state index in [0.29, 0.717) is 0 Å². The van der Waals surface area contributed by atoms with Crippen LogP contribution in [0.3, 0.4) is 0 Å². The first-order valence-corrected chi connectivity index (χ1v) is 11.1. The van der Waals surface area contributed by atoms with Crippen LogP contribution in [-0.2, 0) is 4.79 Å². The number of rotatable bonds is 7. The molecule has 1 amide bonds. The molecule has 0 heterocycles. The van der Waals surface area contributed by atoms with Gasteiger partial charge in [0.05, 0.1) is 7.11 Å². The lowest BCUT2D eigenvalue weighted by atomic mass is 9.89. The fraction of sp³-hybridized carbons (Fsp3) is 0.207. The molecule has 0 unspecified atom stereocenters. The molecule has 0 bridgehead atoms. The number of ether oxygens (including phenoxy) is 1. The fourth-order valence-electron chi connectivity index (χ4n) is 4.51. The number of hydrogen-bond donors (Lipinski definition) is 1. The minimum absolute atomic E-state index is 0.00985. The lowest BCUT2D eigenvalue weighted by Gasteiger charge is -2.22. The second-order valence-electron chi connectivity index (χ2n) is 8.17. The minimum atomic E-state index is -0.138. The van der Waals surface area contributed by atoms with Crippen LogP contribution in [0.2, 0.25) is 0 Å². The molecule has 0 saturated heterocycles. The number of anilines is 1. The topological polar surface area (TPSA) is 38.3 Å². The van der Waals surface area contributed by atoms with Gasteiger partial charge in [-0.05, 0) is 46.0 Å². The van der Waals surface area contributed by atoms with Crippen LogP contribution in [0.4, 0.5) is 5.69 Å². The fourth-order valence-corrected chi connectivity index (χ4v) is 4.51. The van der Waals surface area contributed by atoms with Crippen LogP contribution in [-0.4, -0.2) is 13.0 Å². The normalized spacial score (nSPS) is 13.0. The molecule has 0 aliphatic rings. The van der Waals surface area contributed by atoms with E-state index in [-0.39, 0.29) is 17.7 Å². The van der Waals surface area contributed by atoms with Crippen LogP contribution in [0.5, 0.6) is 5.75 Å². The second-order valence-corrected chi connectivity index (χ2v) is 8.17. The third-order valence-electron chi connectivity index (χ3n) is 6.33. The van der Waals surface area contributed by atoms with Gasteiger partial charge in [-0.15, -0.1) is 6.58 Å². The third-order valence-corrected chi connectivity index (χ3v) is 6.33. The molecule has 0 fully saturated rings. The Morgan fingerprint density at radius 3 is 2.12 bits per heavy atom. The van der Waals surface area contributed by atoms with E-state index in [0.717, 1.165) is 50.5 Å². The second kappa shape index (κ2) is 9.27. The molecule has 4 rings (SSSR count). The minimum Gasteiger partial charge on any atom is -0.496 e. The number of carbonyl (C=O) groups is 1. The number of methoxy groups -OCH3 is 1. The van der Waals surface area contributed by atoms with Crippen LogP contribution in [0.15, 0.2) is 85.5 Å². The van der Waals surface area contributed by atoms with Crippen molar-refractivity contribution in [3.8, 4) is 16.9 Å². The zero-order valence-corrected chi connectivity index (χ0v) is 18.9. The number of amides is 1. The molecule has 0 aliphatic heterocycles. The number of fused-ring (bicyclic) bond motifs is 2. The first-order valence-electron chi connectivity index (χ1n) is 11.1. The van der Waals surface area contributed by atoms with Gasteiger partial charge in [-0.25, -0.2) is 0 Å². The van der Waals surface area contributed by atoms with Gasteiger partial charge in [0.1, 0.15) is 5.75 Å². The monoisotopic (exact) mass is 423 g/mol. The Bertz CT molecular complexity index is 1290. The summed E-state index contributed by atoms with van der Waals surface area (Å²) < 4.78 is 5.82. The van der Waals surface area contributed by atoms with Crippen molar-refractivity contribution < 1.29 is 9.53 Å². The smallest absolute Gasteiger partial charge is 0.228 e. The molecule has 0 radical (unpaired) electrons. The Morgan fingerprint density at radius 1 is 0.938 bits per heavy atom. The number of nitrogens with one attached hydrogen (secondary N) is 1. The molecule has 4 aromatic carbocycles. The van der Waals surface area contributed by atoms with Crippen molar-refractivity contribution in [2.75, 3.05) is 12.4 Å². The van der Waals surface area contributed by atoms with Gasteiger partial charge in [-0.2, -0.15) is 0 Å². The van der Waals surface area contributed by atoms with Crippen LogP contribution in [0, 0.1) is 11.8 Å². The Kier molecular flexibility index (Phi) is 6.27. The highest BCUT2D eigenvalue weighted by molar-refractivity contribution is 6.13. The first kappa shape index (κ1) is 21.6. The van der Waals surface area contributed by atoms with E-state index in [1.807, 2.05) is 56.3 Å². The van der Waals surface area contributed by atoms with E-state index in [2.05, 4.69) is 48.3 Å². The Hall–Kier alpha value is -3.59. The molecule has 3 nitrogen and oxygen atoms in total. The van der Waals surface area contributed by atoms with Crippen molar-refractivity contribution in [2.24, 2.45) is 11.8 Å². The van der Waals surface area contributed by atoms with E-state index in [1.54, 1.807) is 7.11 Å². The highest BCUT2D eigenvalue weighted by atomic mass is 16.5. The van der Waals surface area contributed by atoms with Crippen LogP contribution in [0.25, 0.3) is 32.7 Å². The van der Waals surface area contributed by atoms with Crippen molar-refractivity contribution in [1.82, 2.24) is 0 Å². The molecule has 1 N–H and O–H groups in total. The first-order chi connectivity index (χ1) is 15.6.